The van der Waals surface area contributed by atoms with Gasteiger partial charge in [0.15, 0.2) is 0 Å². The molecule has 2 saturated heterocycles. The number of piperidine rings is 2. The summed E-state index contributed by atoms with van der Waals surface area (Å²) in [4.78, 5) is 72.2. The first-order valence-corrected chi connectivity index (χ1v) is 20.0. The number of nitriles is 1. The van der Waals surface area contributed by atoms with E-state index in [0.29, 0.717) is 53.8 Å². The van der Waals surface area contributed by atoms with Crippen LogP contribution in [0.15, 0.2) is 54.6 Å². The maximum Gasteiger partial charge on any atom is 0.255 e. The number of carbonyl (C=O) groups excluding carboxylic acids is 5. The van der Waals surface area contributed by atoms with Crippen molar-refractivity contribution in [2.24, 2.45) is 5.92 Å². The summed E-state index contributed by atoms with van der Waals surface area (Å²) in [5.41, 5.74) is 6.72. The average Bonchev–Trinajstić information content (AvgIpc) is 3.77. The second-order valence-electron chi connectivity index (χ2n) is 16.0. The number of carbonyl (C=O) groups is 5. The number of imide groups is 1. The Morgan fingerprint density at radius 1 is 0.893 bits per heavy atom. The minimum absolute atomic E-state index is 0.0481. The molecule has 4 heterocycles. The summed E-state index contributed by atoms with van der Waals surface area (Å²) in [5, 5.41) is 15.2. The van der Waals surface area contributed by atoms with Crippen molar-refractivity contribution in [1.29, 1.82) is 5.26 Å². The molecule has 3 aromatic rings. The number of likely N-dealkylation sites (tertiary alicyclic amines) is 1. The van der Waals surface area contributed by atoms with Gasteiger partial charge in [-0.2, -0.15) is 5.26 Å². The number of anilines is 1. The van der Waals surface area contributed by atoms with E-state index >= 15 is 0 Å². The van der Waals surface area contributed by atoms with Gasteiger partial charge in [0, 0.05) is 74.5 Å². The first-order chi connectivity index (χ1) is 27.0. The average molecular weight is 776 g/mol. The van der Waals surface area contributed by atoms with Crippen molar-refractivity contribution in [1.82, 2.24) is 25.3 Å². The monoisotopic (exact) mass is 775 g/mol. The van der Waals surface area contributed by atoms with Gasteiger partial charge in [-0.1, -0.05) is 29.8 Å². The van der Waals surface area contributed by atoms with Crippen LogP contribution in [-0.4, -0.2) is 82.5 Å². The Morgan fingerprint density at radius 3 is 2.29 bits per heavy atom. The van der Waals surface area contributed by atoms with Crippen LogP contribution in [0.2, 0.25) is 5.02 Å². The predicted molar refractivity (Wildman–Crippen MR) is 209 cm³/mol. The van der Waals surface area contributed by atoms with Crippen LogP contribution >= 0.6 is 11.6 Å². The van der Waals surface area contributed by atoms with Crippen LogP contribution in [0.5, 0.6) is 0 Å². The molecule has 8 rings (SSSR count). The van der Waals surface area contributed by atoms with E-state index in [1.54, 1.807) is 11.0 Å². The number of rotatable bonds is 8. The van der Waals surface area contributed by atoms with Gasteiger partial charge < -0.3 is 20.0 Å². The number of amides is 5. The number of hydrogen-bond acceptors (Lipinski definition) is 8. The number of benzene rings is 3. The number of hydrogen-bond donors (Lipinski definition) is 2. The van der Waals surface area contributed by atoms with Gasteiger partial charge in [-0.25, -0.2) is 0 Å². The molecular formula is C43H46ClN7O5. The molecule has 0 aromatic heterocycles. The van der Waals surface area contributed by atoms with Crippen LogP contribution in [0.4, 0.5) is 5.69 Å². The number of halogens is 1. The second-order valence-corrected chi connectivity index (χ2v) is 16.4. The molecule has 2 N–H and O–H groups in total. The topological polar surface area (TPSA) is 146 Å². The highest BCUT2D eigenvalue weighted by Gasteiger charge is 2.41. The molecule has 1 aliphatic carbocycles. The lowest BCUT2D eigenvalue weighted by Crippen LogP contribution is -2.52. The zero-order valence-corrected chi connectivity index (χ0v) is 32.3. The van der Waals surface area contributed by atoms with E-state index < -0.39 is 11.9 Å². The fourth-order valence-electron chi connectivity index (χ4n) is 9.15. The quantitative estimate of drug-likeness (QED) is 0.308. The van der Waals surface area contributed by atoms with Gasteiger partial charge in [-0.05, 0) is 117 Å². The Kier molecular flexibility index (Phi) is 10.6. The van der Waals surface area contributed by atoms with E-state index in [-0.39, 0.29) is 42.0 Å². The lowest BCUT2D eigenvalue weighted by Gasteiger charge is -2.36. The lowest BCUT2D eigenvalue weighted by atomic mass is 9.90. The lowest BCUT2D eigenvalue weighted by molar-refractivity contribution is -0.138. The number of nitrogens with one attached hydrogen (secondary N) is 2. The Bertz CT molecular complexity index is 2120. The van der Waals surface area contributed by atoms with Gasteiger partial charge >= 0.3 is 0 Å². The molecule has 3 aromatic carbocycles. The van der Waals surface area contributed by atoms with Gasteiger partial charge in [0.25, 0.3) is 11.8 Å². The van der Waals surface area contributed by atoms with Crippen molar-refractivity contribution < 1.29 is 24.0 Å². The number of nitrogens with zero attached hydrogens (tertiary/aromatic N) is 5. The standard InChI is InChI=1S/C43H46ClN7O5/c1-48(35-9-6-29(21-45)37(44)20-35)34-10-7-33(8-11-34)46-40(53)27-4-2-26(3-5-27)22-49-16-14-28(15-17-49)42(55)50-23-30-18-32-25-51(38-12-13-39(52)47-41(38)54)43(56)36(32)19-31(30)24-50/h2-6,9,18-20,28,33-34,38H,7-8,10-17,22-25H2,1H3,(H,46,53)(H,47,52,54)/t33?,34?,38-/m0/s1. The molecule has 56 heavy (non-hydrogen) atoms. The molecule has 1 saturated carbocycles. The summed E-state index contributed by atoms with van der Waals surface area (Å²) in [6, 6.07) is 19.2. The van der Waals surface area contributed by atoms with Crippen LogP contribution in [0, 0.1) is 17.2 Å². The van der Waals surface area contributed by atoms with Crippen molar-refractivity contribution in [2.75, 3.05) is 25.0 Å². The van der Waals surface area contributed by atoms with Crippen LogP contribution < -0.4 is 15.5 Å². The van der Waals surface area contributed by atoms with Crippen molar-refractivity contribution >= 4 is 46.8 Å². The molecular weight excluding hydrogens is 730 g/mol. The summed E-state index contributed by atoms with van der Waals surface area (Å²) >= 11 is 6.26. The van der Waals surface area contributed by atoms with E-state index in [1.165, 1.54) is 0 Å². The first kappa shape index (κ1) is 37.7. The Balaban J connectivity index is 0.770. The fraction of sp³-hybridized carbons (Fsp3) is 0.442. The molecule has 5 amide bonds. The van der Waals surface area contributed by atoms with Crippen molar-refractivity contribution in [2.45, 2.75) is 95.7 Å². The van der Waals surface area contributed by atoms with E-state index in [9.17, 15) is 29.2 Å². The second kappa shape index (κ2) is 15.7. The maximum atomic E-state index is 13.7. The molecule has 13 heteroatoms. The molecule has 3 fully saturated rings. The molecule has 0 radical (unpaired) electrons. The minimum Gasteiger partial charge on any atom is -0.372 e. The van der Waals surface area contributed by atoms with E-state index in [4.69, 9.17) is 11.6 Å². The van der Waals surface area contributed by atoms with Gasteiger partial charge in [-0.3, -0.25) is 34.2 Å². The van der Waals surface area contributed by atoms with Crippen molar-refractivity contribution in [3.05, 3.63) is 98.6 Å². The third kappa shape index (κ3) is 7.62. The van der Waals surface area contributed by atoms with Gasteiger partial charge in [0.2, 0.25) is 17.7 Å². The van der Waals surface area contributed by atoms with Crippen LogP contribution in [0.1, 0.15) is 99.9 Å². The molecule has 0 unspecified atom stereocenters. The van der Waals surface area contributed by atoms with E-state index in [2.05, 4.69) is 33.6 Å². The Labute approximate surface area is 331 Å². The van der Waals surface area contributed by atoms with Crippen LogP contribution in [0.25, 0.3) is 0 Å². The molecule has 290 valence electrons. The van der Waals surface area contributed by atoms with Gasteiger partial charge in [-0.15, -0.1) is 0 Å². The summed E-state index contributed by atoms with van der Waals surface area (Å²) in [6.07, 6.45) is 5.79. The molecule has 0 bridgehead atoms. The van der Waals surface area contributed by atoms with E-state index in [0.717, 1.165) is 86.1 Å². The SMILES string of the molecule is CN(c1ccc(C#N)c(Cl)c1)C1CCC(NC(=O)c2ccc(CN3CCC(C(=O)N4Cc5cc6c(cc5C4)C(=O)N([C@H]4CCC(=O)NC4=O)C6)CC3)cc2)CC1. The minimum atomic E-state index is -0.642. The molecule has 12 nitrogen and oxygen atoms in total. The van der Waals surface area contributed by atoms with Crippen molar-refractivity contribution in [3.8, 4) is 6.07 Å². The van der Waals surface area contributed by atoms with Crippen molar-refractivity contribution in [3.63, 3.8) is 0 Å². The summed E-state index contributed by atoms with van der Waals surface area (Å²) in [7, 11) is 2.05. The summed E-state index contributed by atoms with van der Waals surface area (Å²) in [5.74, 6) is -0.862. The number of fused-ring (bicyclic) bond motifs is 2. The molecule has 4 aliphatic heterocycles. The Morgan fingerprint density at radius 2 is 1.61 bits per heavy atom. The third-order valence-corrected chi connectivity index (χ3v) is 12.8. The summed E-state index contributed by atoms with van der Waals surface area (Å²) < 4.78 is 0. The highest BCUT2D eigenvalue weighted by atomic mass is 35.5. The highest BCUT2D eigenvalue weighted by molar-refractivity contribution is 6.32. The first-order valence-electron chi connectivity index (χ1n) is 19.7. The fourth-order valence-corrected chi connectivity index (χ4v) is 9.36. The van der Waals surface area contributed by atoms with Gasteiger partial charge in [0.1, 0.15) is 12.1 Å². The summed E-state index contributed by atoms with van der Waals surface area (Å²) in [6.45, 7) is 3.71. The maximum absolute atomic E-state index is 13.7. The largest absolute Gasteiger partial charge is 0.372 e. The zero-order chi connectivity index (χ0) is 39.1. The van der Waals surface area contributed by atoms with Crippen LogP contribution in [-0.2, 0) is 40.6 Å². The Hall–Kier alpha value is -5.25. The molecule has 5 aliphatic rings. The van der Waals surface area contributed by atoms with Crippen LogP contribution in [0.3, 0.4) is 0 Å². The predicted octanol–water partition coefficient (Wildman–Crippen LogP) is 4.90. The molecule has 0 spiro atoms. The highest BCUT2D eigenvalue weighted by Crippen LogP contribution is 2.35. The van der Waals surface area contributed by atoms with Gasteiger partial charge in [0.05, 0.1) is 10.6 Å². The third-order valence-electron chi connectivity index (χ3n) is 12.5. The van der Waals surface area contributed by atoms with E-state index in [1.807, 2.05) is 53.4 Å². The normalized spacial score (nSPS) is 22.7. The smallest absolute Gasteiger partial charge is 0.255 e. The molecule has 1 atom stereocenters. The zero-order valence-electron chi connectivity index (χ0n) is 31.6.